The molecule has 0 saturated heterocycles. The highest BCUT2D eigenvalue weighted by Crippen LogP contribution is 2.17. The van der Waals surface area contributed by atoms with Gasteiger partial charge in [0.2, 0.25) is 0 Å². The summed E-state index contributed by atoms with van der Waals surface area (Å²) in [6.07, 6.45) is 0.842. The van der Waals surface area contributed by atoms with E-state index in [1.54, 1.807) is 17.4 Å². The number of carbonyl (C=O) groups excluding carboxylic acids is 1. The number of aryl methyl sites for hydroxylation is 1. The molecular formula is C15H18N2OS. The molecule has 3 N–H and O–H groups in total. The van der Waals surface area contributed by atoms with Gasteiger partial charge in [0.25, 0.3) is 5.91 Å². The lowest BCUT2D eigenvalue weighted by Gasteiger charge is -2.15. The fraction of sp³-hybridized carbons (Fsp3) is 0.267. The number of nitrogen functional groups attached to an aromatic ring is 1. The van der Waals surface area contributed by atoms with Gasteiger partial charge in [-0.1, -0.05) is 18.2 Å². The van der Waals surface area contributed by atoms with Gasteiger partial charge in [-0.25, -0.2) is 0 Å². The van der Waals surface area contributed by atoms with Gasteiger partial charge in [-0.3, -0.25) is 4.79 Å². The van der Waals surface area contributed by atoms with E-state index in [2.05, 4.69) is 11.4 Å². The molecule has 2 aromatic rings. The minimum absolute atomic E-state index is 0.0881. The van der Waals surface area contributed by atoms with Crippen molar-refractivity contribution < 1.29 is 4.79 Å². The van der Waals surface area contributed by atoms with E-state index >= 15 is 0 Å². The van der Waals surface area contributed by atoms with Gasteiger partial charge in [-0.2, -0.15) is 0 Å². The number of hydrogen-bond donors (Lipinski definition) is 2. The first-order valence-electron chi connectivity index (χ1n) is 6.26. The standard InChI is InChI=1S/C15H18N2OS/c1-10-5-3-7-13(16)14(10)15(18)17-11(2)9-12-6-4-8-19-12/h3-8,11H,9,16H2,1-2H3,(H,17,18). The lowest BCUT2D eigenvalue weighted by Crippen LogP contribution is -2.34. The predicted octanol–water partition coefficient (Wildman–Crippen LogP) is 3.00. The van der Waals surface area contributed by atoms with Crippen LogP contribution in [-0.2, 0) is 6.42 Å². The molecule has 0 fully saturated rings. The van der Waals surface area contributed by atoms with Gasteiger partial charge in [0, 0.05) is 23.0 Å². The summed E-state index contributed by atoms with van der Waals surface area (Å²) in [4.78, 5) is 13.5. The van der Waals surface area contributed by atoms with Crippen molar-refractivity contribution in [2.45, 2.75) is 26.3 Å². The van der Waals surface area contributed by atoms with Gasteiger partial charge in [-0.15, -0.1) is 11.3 Å². The van der Waals surface area contributed by atoms with Crippen LogP contribution in [0.15, 0.2) is 35.7 Å². The Morgan fingerprint density at radius 2 is 2.16 bits per heavy atom. The molecule has 0 aliphatic heterocycles. The molecule has 1 heterocycles. The summed E-state index contributed by atoms with van der Waals surface area (Å²) < 4.78 is 0. The zero-order valence-electron chi connectivity index (χ0n) is 11.1. The van der Waals surface area contributed by atoms with Crippen LogP contribution < -0.4 is 11.1 Å². The molecule has 4 heteroatoms. The van der Waals surface area contributed by atoms with Gasteiger partial charge in [0.05, 0.1) is 5.56 Å². The second-order valence-electron chi connectivity index (χ2n) is 4.70. The lowest BCUT2D eigenvalue weighted by molar-refractivity contribution is 0.0940. The highest BCUT2D eigenvalue weighted by Gasteiger charge is 2.15. The molecule has 1 unspecified atom stereocenters. The summed E-state index contributed by atoms with van der Waals surface area (Å²) in [6, 6.07) is 9.70. The first-order chi connectivity index (χ1) is 9.08. The largest absolute Gasteiger partial charge is 0.398 e. The van der Waals surface area contributed by atoms with Crippen molar-refractivity contribution in [3.8, 4) is 0 Å². The zero-order chi connectivity index (χ0) is 13.8. The fourth-order valence-corrected chi connectivity index (χ4v) is 2.91. The molecule has 0 bridgehead atoms. The van der Waals surface area contributed by atoms with Crippen molar-refractivity contribution in [1.29, 1.82) is 0 Å². The van der Waals surface area contributed by atoms with Gasteiger partial charge >= 0.3 is 0 Å². The molecule has 1 amide bonds. The summed E-state index contributed by atoms with van der Waals surface area (Å²) >= 11 is 1.70. The normalized spacial score (nSPS) is 12.1. The first-order valence-corrected chi connectivity index (χ1v) is 7.14. The zero-order valence-corrected chi connectivity index (χ0v) is 12.0. The topological polar surface area (TPSA) is 55.1 Å². The predicted molar refractivity (Wildman–Crippen MR) is 80.5 cm³/mol. The molecule has 19 heavy (non-hydrogen) atoms. The summed E-state index contributed by atoms with van der Waals surface area (Å²) in [5.41, 5.74) is 7.89. The minimum atomic E-state index is -0.0975. The van der Waals surface area contributed by atoms with Crippen molar-refractivity contribution in [3.05, 3.63) is 51.7 Å². The molecule has 0 spiro atoms. The Balaban J connectivity index is 2.04. The molecule has 1 atom stereocenters. The van der Waals surface area contributed by atoms with Crippen LogP contribution in [-0.4, -0.2) is 11.9 Å². The molecule has 3 nitrogen and oxygen atoms in total. The van der Waals surface area contributed by atoms with Crippen LogP contribution in [0.1, 0.15) is 27.7 Å². The highest BCUT2D eigenvalue weighted by molar-refractivity contribution is 7.09. The molecule has 0 saturated carbocycles. The Hall–Kier alpha value is -1.81. The number of hydrogen-bond acceptors (Lipinski definition) is 3. The average Bonchev–Trinajstić information content (AvgIpc) is 2.81. The van der Waals surface area contributed by atoms with E-state index in [4.69, 9.17) is 5.73 Å². The average molecular weight is 274 g/mol. The van der Waals surface area contributed by atoms with Gasteiger partial charge in [0.15, 0.2) is 0 Å². The quantitative estimate of drug-likeness (QED) is 0.842. The smallest absolute Gasteiger partial charge is 0.253 e. The third-order valence-electron chi connectivity index (χ3n) is 3.00. The first kappa shape index (κ1) is 13.6. The van der Waals surface area contributed by atoms with E-state index in [1.807, 2.05) is 37.4 Å². The van der Waals surface area contributed by atoms with E-state index in [9.17, 15) is 4.79 Å². The van der Waals surface area contributed by atoms with Crippen LogP contribution in [0.25, 0.3) is 0 Å². The van der Waals surface area contributed by atoms with E-state index < -0.39 is 0 Å². The summed E-state index contributed by atoms with van der Waals surface area (Å²) in [7, 11) is 0. The maximum atomic E-state index is 12.2. The van der Waals surface area contributed by atoms with E-state index in [-0.39, 0.29) is 11.9 Å². The maximum Gasteiger partial charge on any atom is 0.253 e. The summed E-state index contributed by atoms with van der Waals surface area (Å²) in [5, 5.41) is 5.05. The van der Waals surface area contributed by atoms with Crippen LogP contribution in [0.5, 0.6) is 0 Å². The van der Waals surface area contributed by atoms with Crippen molar-refractivity contribution in [2.75, 3.05) is 5.73 Å². The molecular weight excluding hydrogens is 256 g/mol. The van der Waals surface area contributed by atoms with Crippen LogP contribution in [0, 0.1) is 6.92 Å². The van der Waals surface area contributed by atoms with Gasteiger partial charge < -0.3 is 11.1 Å². The Morgan fingerprint density at radius 3 is 2.79 bits per heavy atom. The molecule has 0 radical (unpaired) electrons. The second kappa shape index (κ2) is 5.89. The minimum Gasteiger partial charge on any atom is -0.398 e. The van der Waals surface area contributed by atoms with Crippen LogP contribution >= 0.6 is 11.3 Å². The number of amides is 1. The monoisotopic (exact) mass is 274 g/mol. The molecule has 100 valence electrons. The van der Waals surface area contributed by atoms with Crippen LogP contribution in [0.4, 0.5) is 5.69 Å². The SMILES string of the molecule is Cc1cccc(N)c1C(=O)NC(C)Cc1cccs1. The number of nitrogens with two attached hydrogens (primary N) is 1. The fourth-order valence-electron chi connectivity index (χ4n) is 2.08. The maximum absolute atomic E-state index is 12.2. The van der Waals surface area contributed by atoms with Crippen molar-refractivity contribution in [2.24, 2.45) is 0 Å². The number of nitrogens with one attached hydrogen (secondary N) is 1. The summed E-state index contributed by atoms with van der Waals surface area (Å²) in [5.74, 6) is -0.0975. The Morgan fingerprint density at radius 1 is 1.37 bits per heavy atom. The third kappa shape index (κ3) is 3.35. The molecule has 0 aliphatic rings. The van der Waals surface area contributed by atoms with Gasteiger partial charge in [0.1, 0.15) is 0 Å². The van der Waals surface area contributed by atoms with E-state index in [1.165, 1.54) is 4.88 Å². The molecule has 1 aromatic heterocycles. The lowest BCUT2D eigenvalue weighted by atomic mass is 10.1. The van der Waals surface area contributed by atoms with Crippen molar-refractivity contribution in [1.82, 2.24) is 5.32 Å². The van der Waals surface area contributed by atoms with E-state index in [0.29, 0.717) is 11.3 Å². The number of benzene rings is 1. The van der Waals surface area contributed by atoms with Crippen molar-refractivity contribution in [3.63, 3.8) is 0 Å². The van der Waals surface area contributed by atoms with Crippen LogP contribution in [0.3, 0.4) is 0 Å². The summed E-state index contributed by atoms with van der Waals surface area (Å²) in [6.45, 7) is 3.90. The Labute approximate surface area is 117 Å². The Bertz CT molecular complexity index is 543. The number of thiophene rings is 1. The Kier molecular flexibility index (Phi) is 4.22. The third-order valence-corrected chi connectivity index (χ3v) is 3.90. The van der Waals surface area contributed by atoms with Crippen molar-refractivity contribution >= 4 is 22.9 Å². The number of carbonyl (C=O) groups is 1. The van der Waals surface area contributed by atoms with E-state index in [0.717, 1.165) is 12.0 Å². The molecule has 2 rings (SSSR count). The molecule has 0 aliphatic carbocycles. The van der Waals surface area contributed by atoms with Gasteiger partial charge in [-0.05, 0) is 36.9 Å². The molecule has 1 aromatic carbocycles. The van der Waals surface area contributed by atoms with Crippen LogP contribution in [0.2, 0.25) is 0 Å². The highest BCUT2D eigenvalue weighted by atomic mass is 32.1. The number of rotatable bonds is 4. The number of anilines is 1. The second-order valence-corrected chi connectivity index (χ2v) is 5.73.